The zero-order valence-corrected chi connectivity index (χ0v) is 13.2. The molecular weight excluding hydrogens is 262 g/mol. The molecule has 0 radical (unpaired) electrons. The zero-order chi connectivity index (χ0) is 15.1. The van der Waals surface area contributed by atoms with E-state index in [0.717, 1.165) is 44.1 Å². The molecule has 4 nitrogen and oxygen atoms in total. The predicted molar refractivity (Wildman–Crippen MR) is 87.6 cm³/mol. The molecule has 0 bridgehead atoms. The number of aromatic nitrogens is 1. The summed E-state index contributed by atoms with van der Waals surface area (Å²) in [5.74, 6) is 0. The molecule has 2 aromatic rings. The molecule has 4 heteroatoms. The van der Waals surface area contributed by atoms with Gasteiger partial charge in [0.25, 0.3) is 0 Å². The Labute approximate surface area is 127 Å². The Bertz CT molecular complexity index is 569. The van der Waals surface area contributed by atoms with Gasteiger partial charge >= 0.3 is 0 Å². The summed E-state index contributed by atoms with van der Waals surface area (Å²) >= 11 is 0. The lowest BCUT2D eigenvalue weighted by molar-refractivity contribution is 0.119. The van der Waals surface area contributed by atoms with Gasteiger partial charge in [-0.15, -0.1) is 0 Å². The Kier molecular flexibility index (Phi) is 6.11. The summed E-state index contributed by atoms with van der Waals surface area (Å²) in [6.07, 6.45) is 0. The number of nitrogens with one attached hydrogen (secondary N) is 1. The van der Waals surface area contributed by atoms with Crippen molar-refractivity contribution in [1.82, 2.24) is 15.2 Å². The first-order valence-corrected chi connectivity index (χ1v) is 7.45. The van der Waals surface area contributed by atoms with Crippen LogP contribution in [-0.2, 0) is 11.3 Å². The number of ether oxygens (including phenoxy) is 1. The molecule has 1 heterocycles. The maximum Gasteiger partial charge on any atom is 0.0708 e. The van der Waals surface area contributed by atoms with Gasteiger partial charge in [-0.2, -0.15) is 0 Å². The lowest BCUT2D eigenvalue weighted by Gasteiger charge is -2.11. The van der Waals surface area contributed by atoms with Crippen LogP contribution in [0.1, 0.15) is 11.3 Å². The molecule has 0 fully saturated rings. The van der Waals surface area contributed by atoms with Crippen molar-refractivity contribution in [3.05, 3.63) is 41.6 Å². The summed E-state index contributed by atoms with van der Waals surface area (Å²) in [6, 6.07) is 10.4. The van der Waals surface area contributed by atoms with Crippen LogP contribution in [0.3, 0.4) is 0 Å². The van der Waals surface area contributed by atoms with Crippen LogP contribution in [0, 0.1) is 6.92 Å². The molecule has 1 aromatic heterocycles. The van der Waals surface area contributed by atoms with Crippen LogP contribution >= 0.6 is 0 Å². The predicted octanol–water partition coefficient (Wildman–Crippen LogP) is 2.21. The topological polar surface area (TPSA) is 37.4 Å². The van der Waals surface area contributed by atoms with E-state index in [0.29, 0.717) is 0 Å². The molecule has 0 aliphatic heterocycles. The summed E-state index contributed by atoms with van der Waals surface area (Å²) in [6.45, 7) is 6.25. The fourth-order valence-electron chi connectivity index (χ4n) is 2.26. The van der Waals surface area contributed by atoms with E-state index < -0.39 is 0 Å². The van der Waals surface area contributed by atoms with Crippen LogP contribution in [0.15, 0.2) is 30.3 Å². The summed E-state index contributed by atoms with van der Waals surface area (Å²) in [5, 5.41) is 4.67. The van der Waals surface area contributed by atoms with Crippen molar-refractivity contribution in [2.75, 3.05) is 40.4 Å². The highest BCUT2D eigenvalue weighted by molar-refractivity contribution is 5.82. The van der Waals surface area contributed by atoms with E-state index in [1.165, 1.54) is 10.9 Å². The molecule has 0 unspecified atom stereocenters. The van der Waals surface area contributed by atoms with Crippen LogP contribution in [0.5, 0.6) is 0 Å². The van der Waals surface area contributed by atoms with Gasteiger partial charge in [0, 0.05) is 30.7 Å². The lowest BCUT2D eigenvalue weighted by atomic mass is 10.1. The molecule has 114 valence electrons. The minimum atomic E-state index is 0.746. The number of para-hydroxylation sites is 1. The number of likely N-dealkylation sites (N-methyl/N-ethyl adjacent to an activating group) is 1. The van der Waals surface area contributed by atoms with Crippen LogP contribution in [0.2, 0.25) is 0 Å². The Morgan fingerprint density at radius 2 is 2.00 bits per heavy atom. The van der Waals surface area contributed by atoms with E-state index in [-0.39, 0.29) is 0 Å². The van der Waals surface area contributed by atoms with Crippen LogP contribution < -0.4 is 5.32 Å². The zero-order valence-electron chi connectivity index (χ0n) is 13.2. The van der Waals surface area contributed by atoms with Gasteiger partial charge in [-0.3, -0.25) is 4.98 Å². The van der Waals surface area contributed by atoms with Crippen LogP contribution in [-0.4, -0.2) is 50.3 Å². The van der Waals surface area contributed by atoms with Gasteiger partial charge in [0.1, 0.15) is 0 Å². The first-order valence-electron chi connectivity index (χ1n) is 7.45. The molecule has 0 saturated carbocycles. The molecule has 0 amide bonds. The Morgan fingerprint density at radius 1 is 1.19 bits per heavy atom. The third kappa shape index (κ3) is 5.08. The first-order chi connectivity index (χ1) is 10.2. The third-order valence-corrected chi connectivity index (χ3v) is 3.35. The van der Waals surface area contributed by atoms with E-state index in [2.05, 4.69) is 53.6 Å². The monoisotopic (exact) mass is 287 g/mol. The van der Waals surface area contributed by atoms with Crippen LogP contribution in [0.4, 0.5) is 0 Å². The molecule has 0 aliphatic rings. The number of benzene rings is 1. The van der Waals surface area contributed by atoms with Gasteiger partial charge in [0.15, 0.2) is 0 Å². The highest BCUT2D eigenvalue weighted by atomic mass is 16.5. The van der Waals surface area contributed by atoms with Crippen molar-refractivity contribution >= 4 is 10.9 Å². The quantitative estimate of drug-likeness (QED) is 0.755. The second kappa shape index (κ2) is 8.08. The van der Waals surface area contributed by atoms with Crippen molar-refractivity contribution in [3.8, 4) is 0 Å². The highest BCUT2D eigenvalue weighted by Gasteiger charge is 2.03. The largest absolute Gasteiger partial charge is 0.379 e. The number of hydrogen-bond acceptors (Lipinski definition) is 4. The SMILES string of the molecule is Cc1cc(CNCCOCCN(C)C)c2ccccc2n1. The molecule has 0 spiro atoms. The summed E-state index contributed by atoms with van der Waals surface area (Å²) < 4.78 is 5.58. The molecule has 0 atom stereocenters. The Hall–Kier alpha value is -1.49. The fourth-order valence-corrected chi connectivity index (χ4v) is 2.26. The number of nitrogens with zero attached hydrogens (tertiary/aromatic N) is 2. The Morgan fingerprint density at radius 3 is 2.81 bits per heavy atom. The molecule has 0 aliphatic carbocycles. The second-order valence-electron chi connectivity index (χ2n) is 5.53. The second-order valence-corrected chi connectivity index (χ2v) is 5.53. The number of fused-ring (bicyclic) bond motifs is 1. The Balaban J connectivity index is 1.81. The number of rotatable bonds is 8. The molecule has 0 saturated heterocycles. The lowest BCUT2D eigenvalue weighted by Crippen LogP contribution is -2.23. The molecule has 1 N–H and O–H groups in total. The van der Waals surface area contributed by atoms with E-state index >= 15 is 0 Å². The summed E-state index contributed by atoms with van der Waals surface area (Å²) in [5.41, 5.74) is 3.43. The minimum absolute atomic E-state index is 0.746. The highest BCUT2D eigenvalue weighted by Crippen LogP contribution is 2.17. The summed E-state index contributed by atoms with van der Waals surface area (Å²) in [4.78, 5) is 6.69. The number of hydrogen-bond donors (Lipinski definition) is 1. The van der Waals surface area contributed by atoms with E-state index in [1.807, 2.05) is 13.0 Å². The van der Waals surface area contributed by atoms with Gasteiger partial charge in [-0.05, 0) is 38.7 Å². The number of aryl methyl sites for hydroxylation is 1. The number of pyridine rings is 1. The third-order valence-electron chi connectivity index (χ3n) is 3.35. The first kappa shape index (κ1) is 15.9. The van der Waals surface area contributed by atoms with Crippen molar-refractivity contribution in [1.29, 1.82) is 0 Å². The van der Waals surface area contributed by atoms with Crippen molar-refractivity contribution in [3.63, 3.8) is 0 Å². The van der Waals surface area contributed by atoms with Crippen molar-refractivity contribution in [2.45, 2.75) is 13.5 Å². The average molecular weight is 287 g/mol. The van der Waals surface area contributed by atoms with Gasteiger partial charge in [0.2, 0.25) is 0 Å². The van der Waals surface area contributed by atoms with E-state index in [9.17, 15) is 0 Å². The van der Waals surface area contributed by atoms with E-state index in [1.54, 1.807) is 0 Å². The smallest absolute Gasteiger partial charge is 0.0708 e. The van der Waals surface area contributed by atoms with E-state index in [4.69, 9.17) is 4.74 Å². The van der Waals surface area contributed by atoms with Crippen LogP contribution in [0.25, 0.3) is 10.9 Å². The standard InChI is InChI=1S/C17H25N3O/c1-14-12-15(16-6-4-5-7-17(16)19-14)13-18-8-10-21-11-9-20(2)3/h4-7,12,18H,8-11,13H2,1-3H3. The van der Waals surface area contributed by atoms with Crippen molar-refractivity contribution in [2.24, 2.45) is 0 Å². The summed E-state index contributed by atoms with van der Waals surface area (Å²) in [7, 11) is 4.11. The minimum Gasteiger partial charge on any atom is -0.379 e. The molecular formula is C17H25N3O. The average Bonchev–Trinajstić information content (AvgIpc) is 2.45. The van der Waals surface area contributed by atoms with Crippen molar-refractivity contribution < 1.29 is 4.74 Å². The maximum atomic E-state index is 5.58. The van der Waals surface area contributed by atoms with Gasteiger partial charge in [0.05, 0.1) is 18.7 Å². The van der Waals surface area contributed by atoms with Gasteiger partial charge in [-0.1, -0.05) is 18.2 Å². The molecule has 21 heavy (non-hydrogen) atoms. The maximum absolute atomic E-state index is 5.58. The molecule has 1 aromatic carbocycles. The molecule has 2 rings (SSSR count). The fraction of sp³-hybridized carbons (Fsp3) is 0.471. The normalized spacial score (nSPS) is 11.4. The van der Waals surface area contributed by atoms with Gasteiger partial charge < -0.3 is 15.0 Å². The van der Waals surface area contributed by atoms with Gasteiger partial charge in [-0.25, -0.2) is 0 Å².